The maximum atomic E-state index is 12.0. The number of likely N-dealkylation sites (N-methyl/N-ethyl adjacent to an activating group) is 1. The van der Waals surface area contributed by atoms with E-state index in [1.807, 2.05) is 20.8 Å². The Morgan fingerprint density at radius 2 is 1.78 bits per heavy atom. The first-order valence-corrected chi connectivity index (χ1v) is 5.94. The van der Waals surface area contributed by atoms with Crippen LogP contribution in [0.25, 0.3) is 0 Å². The second-order valence-corrected chi connectivity index (χ2v) is 5.20. The Kier molecular flexibility index (Phi) is 6.13. The molecule has 0 aliphatic heterocycles. The molecule has 0 saturated carbocycles. The summed E-state index contributed by atoms with van der Waals surface area (Å²) in [6.07, 6.45) is -4.06. The van der Waals surface area contributed by atoms with E-state index in [1.165, 1.54) is 0 Å². The van der Waals surface area contributed by atoms with E-state index >= 15 is 0 Å². The Balaban J connectivity index is 4.58. The third-order valence-electron chi connectivity index (χ3n) is 3.24. The van der Waals surface area contributed by atoms with Crippen LogP contribution in [0.1, 0.15) is 34.1 Å². The third-order valence-corrected chi connectivity index (χ3v) is 3.24. The van der Waals surface area contributed by atoms with Gasteiger partial charge in [0.1, 0.15) is 5.54 Å². The first kappa shape index (κ1) is 17.2. The molecule has 0 aromatic heterocycles. The number of hydrogen-bond acceptors (Lipinski definition) is 3. The lowest BCUT2D eigenvalue weighted by molar-refractivity contribution is -0.191. The minimum absolute atomic E-state index is 0.195. The quantitative estimate of drug-likeness (QED) is 0.753. The van der Waals surface area contributed by atoms with Crippen LogP contribution in [0.3, 0.4) is 0 Å². The summed E-state index contributed by atoms with van der Waals surface area (Å²) in [7, 11) is 1.54. The molecule has 0 aliphatic rings. The predicted octanol–water partition coefficient (Wildman–Crippen LogP) is 2.75. The Morgan fingerprint density at radius 3 is 2.11 bits per heavy atom. The average molecular weight is 269 g/mol. The van der Waals surface area contributed by atoms with Crippen molar-refractivity contribution in [1.29, 1.82) is 0 Å². The Labute approximate surface area is 106 Å². The van der Waals surface area contributed by atoms with Gasteiger partial charge < -0.3 is 10.1 Å². The smallest absolute Gasteiger partial charge is 0.422 e. The second-order valence-electron chi connectivity index (χ2n) is 5.20. The van der Waals surface area contributed by atoms with Gasteiger partial charge in [-0.15, -0.1) is 0 Å². The van der Waals surface area contributed by atoms with Crippen LogP contribution in [-0.4, -0.2) is 31.3 Å². The molecule has 1 N–H and O–H groups in total. The molecule has 0 radical (unpaired) electrons. The Hall–Kier alpha value is -0.780. The summed E-state index contributed by atoms with van der Waals surface area (Å²) in [6, 6.07) is 0. The van der Waals surface area contributed by atoms with Gasteiger partial charge in [-0.1, -0.05) is 20.8 Å². The molecule has 0 saturated heterocycles. The molecular formula is C12H22F3NO2. The average Bonchev–Trinajstić information content (AvgIpc) is 2.24. The van der Waals surface area contributed by atoms with Crippen molar-refractivity contribution in [2.24, 2.45) is 11.8 Å². The summed E-state index contributed by atoms with van der Waals surface area (Å²) in [5.41, 5.74) is -1.09. The lowest BCUT2D eigenvalue weighted by Crippen LogP contribution is -2.50. The molecule has 6 heteroatoms. The molecule has 0 spiro atoms. The monoisotopic (exact) mass is 269 g/mol. The zero-order chi connectivity index (χ0) is 14.6. The highest BCUT2D eigenvalue weighted by Gasteiger charge is 2.38. The van der Waals surface area contributed by atoms with E-state index in [-0.39, 0.29) is 5.92 Å². The lowest BCUT2D eigenvalue weighted by Gasteiger charge is -2.31. The number of nitrogens with one attached hydrogen (secondary N) is 1. The van der Waals surface area contributed by atoms with Crippen molar-refractivity contribution >= 4 is 5.97 Å². The molecule has 0 fully saturated rings. The van der Waals surface area contributed by atoms with E-state index in [2.05, 4.69) is 10.1 Å². The zero-order valence-corrected chi connectivity index (χ0v) is 11.5. The summed E-state index contributed by atoms with van der Waals surface area (Å²) in [6.45, 7) is 5.98. The molecule has 18 heavy (non-hydrogen) atoms. The third kappa shape index (κ3) is 5.71. The first-order valence-electron chi connectivity index (χ1n) is 5.94. The molecular weight excluding hydrogens is 247 g/mol. The highest BCUT2D eigenvalue weighted by atomic mass is 19.4. The highest BCUT2D eigenvalue weighted by molar-refractivity contribution is 5.80. The number of ether oxygens (including phenoxy) is 1. The van der Waals surface area contributed by atoms with Crippen LogP contribution in [0.4, 0.5) is 13.2 Å². The zero-order valence-electron chi connectivity index (χ0n) is 11.5. The van der Waals surface area contributed by atoms with Crippen molar-refractivity contribution in [3.8, 4) is 0 Å². The summed E-state index contributed by atoms with van der Waals surface area (Å²) >= 11 is 0. The normalized spacial score (nSPS) is 17.4. The van der Waals surface area contributed by atoms with Crippen LogP contribution in [0.2, 0.25) is 0 Å². The van der Waals surface area contributed by atoms with Crippen molar-refractivity contribution in [2.75, 3.05) is 13.7 Å². The van der Waals surface area contributed by atoms with Gasteiger partial charge in [-0.3, -0.25) is 4.79 Å². The van der Waals surface area contributed by atoms with Gasteiger partial charge in [-0.2, -0.15) is 13.2 Å². The number of carbonyl (C=O) groups is 1. The Bertz CT molecular complexity index is 279. The molecule has 0 aromatic carbocycles. The first-order chi connectivity index (χ1) is 8.02. The summed E-state index contributed by atoms with van der Waals surface area (Å²) in [4.78, 5) is 11.7. The standard InChI is InChI=1S/C12H22F3NO2/c1-8(2)9(3)6-11(4,16-5)10(17)18-7-12(13,14)15/h8-9,16H,6-7H2,1-5H3. The van der Waals surface area contributed by atoms with Gasteiger partial charge in [0.2, 0.25) is 0 Å². The van der Waals surface area contributed by atoms with Crippen molar-refractivity contribution in [3.63, 3.8) is 0 Å². The highest BCUT2D eigenvalue weighted by Crippen LogP contribution is 2.24. The minimum Gasteiger partial charge on any atom is -0.455 e. The largest absolute Gasteiger partial charge is 0.455 e. The van der Waals surface area contributed by atoms with Gasteiger partial charge in [0.15, 0.2) is 6.61 Å². The van der Waals surface area contributed by atoms with Crippen LogP contribution in [-0.2, 0) is 9.53 Å². The Morgan fingerprint density at radius 1 is 1.28 bits per heavy atom. The van der Waals surface area contributed by atoms with E-state index in [0.29, 0.717) is 12.3 Å². The maximum absolute atomic E-state index is 12.0. The van der Waals surface area contributed by atoms with Crippen molar-refractivity contribution in [2.45, 2.75) is 45.8 Å². The maximum Gasteiger partial charge on any atom is 0.422 e. The fourth-order valence-corrected chi connectivity index (χ4v) is 1.47. The fraction of sp³-hybridized carbons (Fsp3) is 0.917. The molecule has 0 rings (SSSR count). The van der Waals surface area contributed by atoms with E-state index in [0.717, 1.165) is 0 Å². The number of rotatable bonds is 6. The molecule has 2 unspecified atom stereocenters. The molecule has 0 amide bonds. The van der Waals surface area contributed by atoms with Gasteiger partial charge in [0.25, 0.3) is 0 Å². The van der Waals surface area contributed by atoms with Gasteiger partial charge in [-0.05, 0) is 32.2 Å². The number of halogens is 3. The number of carbonyl (C=O) groups excluding carboxylic acids is 1. The van der Waals surface area contributed by atoms with Gasteiger partial charge in [0.05, 0.1) is 0 Å². The minimum atomic E-state index is -4.49. The number of alkyl halides is 3. The van der Waals surface area contributed by atoms with Gasteiger partial charge >= 0.3 is 12.1 Å². The molecule has 0 aliphatic carbocycles. The second kappa shape index (κ2) is 6.41. The lowest BCUT2D eigenvalue weighted by atomic mass is 9.84. The summed E-state index contributed by atoms with van der Waals surface area (Å²) in [5.74, 6) is -0.330. The molecule has 2 atom stereocenters. The predicted molar refractivity (Wildman–Crippen MR) is 63.1 cm³/mol. The number of esters is 1. The molecule has 0 heterocycles. The van der Waals surface area contributed by atoms with Crippen molar-refractivity contribution in [1.82, 2.24) is 5.32 Å². The molecule has 108 valence electrons. The van der Waals surface area contributed by atoms with Crippen LogP contribution >= 0.6 is 0 Å². The van der Waals surface area contributed by atoms with Crippen LogP contribution in [0.15, 0.2) is 0 Å². The summed E-state index contributed by atoms with van der Waals surface area (Å²) < 4.78 is 40.3. The SMILES string of the molecule is CNC(C)(CC(C)C(C)C)C(=O)OCC(F)(F)F. The van der Waals surface area contributed by atoms with Crippen LogP contribution in [0, 0.1) is 11.8 Å². The van der Waals surface area contributed by atoms with Crippen molar-refractivity contribution in [3.05, 3.63) is 0 Å². The van der Waals surface area contributed by atoms with Gasteiger partial charge in [0, 0.05) is 0 Å². The summed E-state index contributed by atoms with van der Waals surface area (Å²) in [5, 5.41) is 2.76. The van der Waals surface area contributed by atoms with Crippen molar-refractivity contribution < 1.29 is 22.7 Å². The molecule has 0 bridgehead atoms. The number of hydrogen-bond donors (Lipinski definition) is 1. The van der Waals surface area contributed by atoms with Gasteiger partial charge in [-0.25, -0.2) is 0 Å². The van der Waals surface area contributed by atoms with Crippen LogP contribution in [0.5, 0.6) is 0 Å². The fourth-order valence-electron chi connectivity index (χ4n) is 1.47. The van der Waals surface area contributed by atoms with E-state index < -0.39 is 24.3 Å². The topological polar surface area (TPSA) is 38.3 Å². The van der Waals surface area contributed by atoms with E-state index in [4.69, 9.17) is 0 Å². The van der Waals surface area contributed by atoms with E-state index in [9.17, 15) is 18.0 Å². The van der Waals surface area contributed by atoms with Crippen LogP contribution < -0.4 is 5.32 Å². The molecule has 3 nitrogen and oxygen atoms in total. The molecule has 0 aromatic rings. The van der Waals surface area contributed by atoms with E-state index in [1.54, 1.807) is 14.0 Å².